The van der Waals surface area contributed by atoms with Crippen molar-refractivity contribution in [2.75, 3.05) is 0 Å². The van der Waals surface area contributed by atoms with Crippen molar-refractivity contribution in [3.05, 3.63) is 71.4 Å². The number of amides is 2. The van der Waals surface area contributed by atoms with Gasteiger partial charge in [-0.15, -0.1) is 0 Å². The molecule has 140 valence electrons. The van der Waals surface area contributed by atoms with Gasteiger partial charge < -0.3 is 9.72 Å². The zero-order valence-corrected chi connectivity index (χ0v) is 15.4. The topological polar surface area (TPSA) is 83.2 Å². The fourth-order valence-electron chi connectivity index (χ4n) is 2.71. The van der Waals surface area contributed by atoms with Gasteiger partial charge in [0, 0.05) is 22.7 Å². The number of rotatable bonds is 6. The Morgan fingerprint density at radius 3 is 2.52 bits per heavy atom. The Bertz CT molecular complexity index is 929. The minimum Gasteiger partial charge on any atom is -0.374 e. The Kier molecular flexibility index (Phi) is 5.88. The zero-order valence-electron chi connectivity index (χ0n) is 15.4. The van der Waals surface area contributed by atoms with Gasteiger partial charge in [0.2, 0.25) is 5.91 Å². The fraction of sp³-hybridized carbons (Fsp3) is 0.238. The van der Waals surface area contributed by atoms with Crippen molar-refractivity contribution in [2.45, 2.75) is 33.0 Å². The van der Waals surface area contributed by atoms with Gasteiger partial charge in [-0.25, -0.2) is 0 Å². The van der Waals surface area contributed by atoms with Crippen molar-refractivity contribution in [1.29, 1.82) is 0 Å². The van der Waals surface area contributed by atoms with Crippen LogP contribution in [0.4, 0.5) is 0 Å². The SMILES string of the molecule is CC(C)OCc1ccc(C(=O)NNC(=O)Cc2c[nH]c3ccccc23)cc1. The van der Waals surface area contributed by atoms with E-state index in [1.54, 1.807) is 12.1 Å². The van der Waals surface area contributed by atoms with Crippen LogP contribution in [0, 0.1) is 0 Å². The van der Waals surface area contributed by atoms with Crippen molar-refractivity contribution in [3.63, 3.8) is 0 Å². The third-order valence-electron chi connectivity index (χ3n) is 4.14. The number of aromatic amines is 1. The fourth-order valence-corrected chi connectivity index (χ4v) is 2.71. The number of carbonyl (C=O) groups is 2. The van der Waals surface area contributed by atoms with Crippen molar-refractivity contribution in [1.82, 2.24) is 15.8 Å². The Morgan fingerprint density at radius 2 is 1.78 bits per heavy atom. The van der Waals surface area contributed by atoms with Crippen LogP contribution < -0.4 is 10.9 Å². The molecule has 0 saturated carbocycles. The first-order valence-corrected chi connectivity index (χ1v) is 8.87. The second-order valence-corrected chi connectivity index (χ2v) is 6.60. The summed E-state index contributed by atoms with van der Waals surface area (Å²) in [6.07, 6.45) is 2.14. The predicted octanol–water partition coefficient (Wildman–Crippen LogP) is 3.10. The monoisotopic (exact) mass is 365 g/mol. The van der Waals surface area contributed by atoms with Crippen LogP contribution in [0.1, 0.15) is 35.3 Å². The molecule has 6 heteroatoms. The van der Waals surface area contributed by atoms with E-state index in [9.17, 15) is 9.59 Å². The van der Waals surface area contributed by atoms with E-state index in [4.69, 9.17) is 4.74 Å². The van der Waals surface area contributed by atoms with Gasteiger partial charge in [-0.1, -0.05) is 30.3 Å². The van der Waals surface area contributed by atoms with Crippen LogP contribution >= 0.6 is 0 Å². The molecule has 0 spiro atoms. The van der Waals surface area contributed by atoms with E-state index >= 15 is 0 Å². The van der Waals surface area contributed by atoms with Crippen LogP contribution in [0.3, 0.4) is 0 Å². The molecule has 0 saturated heterocycles. The van der Waals surface area contributed by atoms with Gasteiger partial charge in [0.15, 0.2) is 0 Å². The molecule has 2 aromatic carbocycles. The molecule has 0 radical (unpaired) electrons. The highest BCUT2D eigenvalue weighted by Gasteiger charge is 2.11. The minimum absolute atomic E-state index is 0.153. The van der Waals surface area contributed by atoms with E-state index in [0.29, 0.717) is 12.2 Å². The van der Waals surface area contributed by atoms with Gasteiger partial charge in [-0.05, 0) is 43.2 Å². The predicted molar refractivity (Wildman–Crippen MR) is 104 cm³/mol. The van der Waals surface area contributed by atoms with Crippen LogP contribution in [0.2, 0.25) is 0 Å². The summed E-state index contributed by atoms with van der Waals surface area (Å²) in [6, 6.07) is 14.9. The molecule has 0 aliphatic rings. The molecule has 0 atom stereocenters. The Hall–Kier alpha value is -3.12. The van der Waals surface area contributed by atoms with E-state index in [1.807, 2.05) is 56.4 Å². The van der Waals surface area contributed by atoms with Gasteiger partial charge in [-0.2, -0.15) is 0 Å². The van der Waals surface area contributed by atoms with Gasteiger partial charge in [0.05, 0.1) is 19.1 Å². The molecule has 0 unspecified atom stereocenters. The molecule has 2 amide bonds. The quantitative estimate of drug-likeness (QED) is 0.587. The van der Waals surface area contributed by atoms with Crippen molar-refractivity contribution in [3.8, 4) is 0 Å². The lowest BCUT2D eigenvalue weighted by Crippen LogP contribution is -2.42. The lowest BCUT2D eigenvalue weighted by Gasteiger charge is -2.09. The minimum atomic E-state index is -0.362. The van der Waals surface area contributed by atoms with Crippen LogP contribution in [0.15, 0.2) is 54.7 Å². The number of benzene rings is 2. The summed E-state index contributed by atoms with van der Waals surface area (Å²) in [5.41, 5.74) is 8.23. The normalized spacial score (nSPS) is 10.9. The van der Waals surface area contributed by atoms with E-state index in [2.05, 4.69) is 15.8 Å². The number of ether oxygens (including phenoxy) is 1. The summed E-state index contributed by atoms with van der Waals surface area (Å²) in [5, 5.41) is 0.998. The zero-order chi connectivity index (χ0) is 19.2. The highest BCUT2D eigenvalue weighted by atomic mass is 16.5. The average molecular weight is 365 g/mol. The molecule has 1 heterocycles. The van der Waals surface area contributed by atoms with E-state index in [-0.39, 0.29) is 24.3 Å². The van der Waals surface area contributed by atoms with Gasteiger partial charge in [0.25, 0.3) is 5.91 Å². The number of para-hydroxylation sites is 1. The molecular weight excluding hydrogens is 342 g/mol. The maximum atomic E-state index is 12.2. The van der Waals surface area contributed by atoms with Crippen molar-refractivity contribution >= 4 is 22.7 Å². The number of H-pyrrole nitrogens is 1. The maximum Gasteiger partial charge on any atom is 0.269 e. The lowest BCUT2D eigenvalue weighted by atomic mass is 10.1. The number of hydrogen-bond donors (Lipinski definition) is 3. The summed E-state index contributed by atoms with van der Waals surface area (Å²) in [7, 11) is 0. The molecule has 6 nitrogen and oxygen atoms in total. The first-order chi connectivity index (χ1) is 13.0. The Morgan fingerprint density at radius 1 is 1.04 bits per heavy atom. The van der Waals surface area contributed by atoms with E-state index in [0.717, 1.165) is 22.0 Å². The summed E-state index contributed by atoms with van der Waals surface area (Å²) in [6.45, 7) is 4.45. The smallest absolute Gasteiger partial charge is 0.269 e. The molecular formula is C21H23N3O3. The van der Waals surface area contributed by atoms with E-state index in [1.165, 1.54) is 0 Å². The number of hydrogen-bond acceptors (Lipinski definition) is 3. The number of nitrogens with one attached hydrogen (secondary N) is 3. The molecule has 3 aromatic rings. The second kappa shape index (κ2) is 8.51. The van der Waals surface area contributed by atoms with Crippen LogP contribution in [-0.4, -0.2) is 22.9 Å². The first kappa shape index (κ1) is 18.7. The third kappa shape index (κ3) is 4.95. The van der Waals surface area contributed by atoms with Gasteiger partial charge in [0.1, 0.15) is 0 Å². The summed E-state index contributed by atoms with van der Waals surface area (Å²) in [5.74, 6) is -0.645. The largest absolute Gasteiger partial charge is 0.374 e. The molecule has 0 aliphatic heterocycles. The van der Waals surface area contributed by atoms with Crippen LogP contribution in [0.25, 0.3) is 10.9 Å². The van der Waals surface area contributed by atoms with Gasteiger partial charge in [-0.3, -0.25) is 20.4 Å². The summed E-state index contributed by atoms with van der Waals surface area (Å²) in [4.78, 5) is 27.4. The Balaban J connectivity index is 1.51. The summed E-state index contributed by atoms with van der Waals surface area (Å²) < 4.78 is 5.53. The number of aromatic nitrogens is 1. The van der Waals surface area contributed by atoms with Crippen LogP contribution in [-0.2, 0) is 22.6 Å². The molecule has 3 rings (SSSR count). The number of hydrazine groups is 1. The summed E-state index contributed by atoms with van der Waals surface area (Å²) >= 11 is 0. The average Bonchev–Trinajstić information content (AvgIpc) is 3.08. The highest BCUT2D eigenvalue weighted by molar-refractivity contribution is 5.96. The van der Waals surface area contributed by atoms with Gasteiger partial charge >= 0.3 is 0 Å². The standard InChI is InChI=1S/C21H23N3O3/c1-14(2)27-13-15-7-9-16(10-8-15)21(26)24-23-20(25)11-17-12-22-19-6-4-3-5-18(17)19/h3-10,12,14,22H,11,13H2,1-2H3,(H,23,25)(H,24,26). The second-order valence-electron chi connectivity index (χ2n) is 6.60. The lowest BCUT2D eigenvalue weighted by molar-refractivity contribution is -0.121. The third-order valence-corrected chi connectivity index (χ3v) is 4.14. The molecule has 3 N–H and O–H groups in total. The maximum absolute atomic E-state index is 12.2. The van der Waals surface area contributed by atoms with Crippen molar-refractivity contribution < 1.29 is 14.3 Å². The number of carbonyl (C=O) groups excluding carboxylic acids is 2. The molecule has 27 heavy (non-hydrogen) atoms. The molecule has 0 bridgehead atoms. The highest BCUT2D eigenvalue weighted by Crippen LogP contribution is 2.17. The van der Waals surface area contributed by atoms with Crippen LogP contribution in [0.5, 0.6) is 0 Å². The molecule has 1 aromatic heterocycles. The first-order valence-electron chi connectivity index (χ1n) is 8.87. The van der Waals surface area contributed by atoms with Crippen molar-refractivity contribution in [2.24, 2.45) is 0 Å². The molecule has 0 aliphatic carbocycles. The number of fused-ring (bicyclic) bond motifs is 1. The Labute approximate surface area is 157 Å². The van der Waals surface area contributed by atoms with E-state index < -0.39 is 0 Å². The molecule has 0 fully saturated rings.